The zero-order valence-electron chi connectivity index (χ0n) is 12.2. The average molecular weight is 379 g/mol. The molecule has 0 unspecified atom stereocenters. The zero-order valence-corrected chi connectivity index (χ0v) is 14.6. The molecule has 0 spiro atoms. The lowest BCUT2D eigenvalue weighted by Crippen LogP contribution is -2.30. The standard InChI is InChI=1S/C13H19BrN2O4S/c1-15(2)7-4-8-16(3)21(19,20)10-5-6-12(14)11(9-10)13(17)18/h5-6,9H,4,7-8H2,1-3H3,(H,17,18). The topological polar surface area (TPSA) is 77.9 Å². The van der Waals surface area contributed by atoms with Crippen molar-refractivity contribution in [2.24, 2.45) is 0 Å². The SMILES string of the molecule is CN(C)CCCN(C)S(=O)(=O)c1ccc(Br)c(C(=O)O)c1. The lowest BCUT2D eigenvalue weighted by molar-refractivity contribution is 0.0695. The Morgan fingerprint density at radius 3 is 2.38 bits per heavy atom. The molecule has 0 aliphatic carbocycles. The maximum Gasteiger partial charge on any atom is 0.336 e. The second-order valence-corrected chi connectivity index (χ2v) is 7.83. The van der Waals surface area contributed by atoms with E-state index in [0.29, 0.717) is 17.4 Å². The maximum absolute atomic E-state index is 12.4. The Hall–Kier alpha value is -0.960. The van der Waals surface area contributed by atoms with E-state index >= 15 is 0 Å². The highest BCUT2D eigenvalue weighted by molar-refractivity contribution is 9.10. The predicted molar refractivity (Wildman–Crippen MR) is 84.1 cm³/mol. The van der Waals surface area contributed by atoms with Crippen LogP contribution >= 0.6 is 15.9 Å². The van der Waals surface area contributed by atoms with E-state index in [-0.39, 0.29) is 10.5 Å². The molecule has 8 heteroatoms. The van der Waals surface area contributed by atoms with Gasteiger partial charge < -0.3 is 10.0 Å². The van der Waals surface area contributed by atoms with E-state index < -0.39 is 16.0 Å². The van der Waals surface area contributed by atoms with Crippen molar-refractivity contribution in [2.75, 3.05) is 34.2 Å². The van der Waals surface area contributed by atoms with Crippen molar-refractivity contribution in [1.82, 2.24) is 9.21 Å². The van der Waals surface area contributed by atoms with E-state index in [1.54, 1.807) is 0 Å². The molecular weight excluding hydrogens is 360 g/mol. The van der Waals surface area contributed by atoms with Gasteiger partial charge in [0.05, 0.1) is 10.5 Å². The highest BCUT2D eigenvalue weighted by Gasteiger charge is 2.22. The van der Waals surface area contributed by atoms with Gasteiger partial charge in [0.1, 0.15) is 0 Å². The van der Waals surface area contributed by atoms with Crippen LogP contribution in [0.5, 0.6) is 0 Å². The van der Waals surface area contributed by atoms with Gasteiger partial charge in [0.15, 0.2) is 0 Å². The number of benzene rings is 1. The molecule has 0 heterocycles. The first-order chi connectivity index (χ1) is 9.66. The number of halogens is 1. The fraction of sp³-hybridized carbons (Fsp3) is 0.462. The number of rotatable bonds is 7. The lowest BCUT2D eigenvalue weighted by Gasteiger charge is -2.18. The molecule has 1 aromatic carbocycles. The molecule has 0 amide bonds. The van der Waals surface area contributed by atoms with Crippen LogP contribution in [0.1, 0.15) is 16.8 Å². The van der Waals surface area contributed by atoms with Gasteiger partial charge in [-0.25, -0.2) is 17.5 Å². The van der Waals surface area contributed by atoms with E-state index in [1.165, 1.54) is 29.6 Å². The van der Waals surface area contributed by atoms with Gasteiger partial charge >= 0.3 is 5.97 Å². The number of carboxylic acids is 1. The van der Waals surface area contributed by atoms with Crippen molar-refractivity contribution < 1.29 is 18.3 Å². The van der Waals surface area contributed by atoms with Crippen molar-refractivity contribution >= 4 is 31.9 Å². The third kappa shape index (κ3) is 4.77. The van der Waals surface area contributed by atoms with Crippen molar-refractivity contribution in [1.29, 1.82) is 0 Å². The predicted octanol–water partition coefficient (Wildman–Crippen LogP) is 1.72. The van der Waals surface area contributed by atoms with Gasteiger partial charge in [-0.05, 0) is 61.2 Å². The molecule has 1 rings (SSSR count). The molecule has 0 radical (unpaired) electrons. The highest BCUT2D eigenvalue weighted by Crippen LogP contribution is 2.23. The summed E-state index contributed by atoms with van der Waals surface area (Å²) in [6.07, 6.45) is 0.699. The third-order valence-corrected chi connectivity index (χ3v) is 5.50. The second-order valence-electron chi connectivity index (χ2n) is 4.93. The van der Waals surface area contributed by atoms with Crippen LogP contribution in [0.15, 0.2) is 27.6 Å². The van der Waals surface area contributed by atoms with Crippen LogP contribution in [0.25, 0.3) is 0 Å². The fourth-order valence-electron chi connectivity index (χ4n) is 1.74. The number of aromatic carboxylic acids is 1. The molecule has 0 aromatic heterocycles. The largest absolute Gasteiger partial charge is 0.478 e. The first kappa shape index (κ1) is 18.1. The molecule has 0 aliphatic heterocycles. The van der Waals surface area contributed by atoms with E-state index in [4.69, 9.17) is 5.11 Å². The number of hydrogen-bond acceptors (Lipinski definition) is 4. The first-order valence-electron chi connectivity index (χ1n) is 6.30. The molecule has 118 valence electrons. The maximum atomic E-state index is 12.4. The van der Waals surface area contributed by atoms with Crippen LogP contribution in [0.4, 0.5) is 0 Å². The van der Waals surface area contributed by atoms with Crippen LogP contribution in [0.3, 0.4) is 0 Å². The van der Waals surface area contributed by atoms with E-state index in [9.17, 15) is 13.2 Å². The Kier molecular flexibility index (Phi) is 6.33. The van der Waals surface area contributed by atoms with Crippen molar-refractivity contribution in [3.8, 4) is 0 Å². The van der Waals surface area contributed by atoms with Crippen LogP contribution in [0.2, 0.25) is 0 Å². The quantitative estimate of drug-likeness (QED) is 0.781. The number of hydrogen-bond donors (Lipinski definition) is 1. The Balaban J connectivity index is 2.97. The van der Waals surface area contributed by atoms with E-state index in [0.717, 1.165) is 6.54 Å². The summed E-state index contributed by atoms with van der Waals surface area (Å²) in [5.74, 6) is -1.17. The molecule has 1 aromatic rings. The number of carboxylic acid groups (broad SMARTS) is 1. The molecule has 21 heavy (non-hydrogen) atoms. The van der Waals surface area contributed by atoms with Gasteiger partial charge in [-0.15, -0.1) is 0 Å². The number of sulfonamides is 1. The van der Waals surface area contributed by atoms with Gasteiger partial charge in [0.25, 0.3) is 0 Å². The van der Waals surface area contributed by atoms with Gasteiger partial charge in [0.2, 0.25) is 10.0 Å². The summed E-state index contributed by atoms with van der Waals surface area (Å²) >= 11 is 3.10. The second kappa shape index (κ2) is 7.35. The fourth-order valence-corrected chi connectivity index (χ4v) is 3.39. The molecule has 0 bridgehead atoms. The summed E-state index contributed by atoms with van der Waals surface area (Å²) in [7, 11) is 1.65. The van der Waals surface area contributed by atoms with Gasteiger partial charge in [-0.2, -0.15) is 0 Å². The van der Waals surface area contributed by atoms with Gasteiger partial charge in [-0.3, -0.25) is 0 Å². The Bertz CT molecular complexity index is 617. The third-order valence-electron chi connectivity index (χ3n) is 2.95. The van der Waals surface area contributed by atoms with Crippen molar-refractivity contribution in [2.45, 2.75) is 11.3 Å². The van der Waals surface area contributed by atoms with Gasteiger partial charge in [-0.1, -0.05) is 0 Å². The van der Waals surface area contributed by atoms with Crippen LogP contribution in [0, 0.1) is 0 Å². The lowest BCUT2D eigenvalue weighted by atomic mass is 10.2. The molecule has 0 atom stereocenters. The van der Waals surface area contributed by atoms with Gasteiger partial charge in [0, 0.05) is 18.1 Å². The average Bonchev–Trinajstić information content (AvgIpc) is 2.37. The minimum absolute atomic E-state index is 0.0181. The zero-order chi connectivity index (χ0) is 16.2. The highest BCUT2D eigenvalue weighted by atomic mass is 79.9. The van der Waals surface area contributed by atoms with Crippen molar-refractivity contribution in [3.63, 3.8) is 0 Å². The Labute approximate surface area is 133 Å². The molecule has 0 saturated carbocycles. The summed E-state index contributed by atoms with van der Waals surface area (Å²) < 4.78 is 26.4. The molecule has 0 saturated heterocycles. The van der Waals surface area contributed by atoms with Crippen LogP contribution < -0.4 is 0 Å². The van der Waals surface area contributed by atoms with E-state index in [1.807, 2.05) is 19.0 Å². The normalized spacial score (nSPS) is 12.1. The molecule has 0 fully saturated rings. The summed E-state index contributed by atoms with van der Waals surface area (Å²) in [5.41, 5.74) is -0.0715. The number of nitrogens with zero attached hydrogens (tertiary/aromatic N) is 2. The minimum Gasteiger partial charge on any atom is -0.478 e. The first-order valence-corrected chi connectivity index (χ1v) is 8.53. The molecule has 1 N–H and O–H groups in total. The van der Waals surface area contributed by atoms with Crippen LogP contribution in [-0.2, 0) is 10.0 Å². The monoisotopic (exact) mass is 378 g/mol. The Morgan fingerprint density at radius 2 is 1.86 bits per heavy atom. The summed E-state index contributed by atoms with van der Waals surface area (Å²) in [6.45, 7) is 1.15. The smallest absolute Gasteiger partial charge is 0.336 e. The number of carbonyl (C=O) groups is 1. The summed E-state index contributed by atoms with van der Waals surface area (Å²) in [5, 5.41) is 9.05. The summed E-state index contributed by atoms with van der Waals surface area (Å²) in [4.78, 5) is 13.0. The molecular formula is C13H19BrN2O4S. The molecule has 0 aliphatic rings. The molecule has 6 nitrogen and oxygen atoms in total. The minimum atomic E-state index is -3.68. The summed E-state index contributed by atoms with van der Waals surface area (Å²) in [6, 6.07) is 4.00. The van der Waals surface area contributed by atoms with Crippen molar-refractivity contribution in [3.05, 3.63) is 28.2 Å². The van der Waals surface area contributed by atoms with Crippen LogP contribution in [-0.4, -0.2) is 62.9 Å². The van der Waals surface area contributed by atoms with E-state index in [2.05, 4.69) is 15.9 Å². The Morgan fingerprint density at radius 1 is 1.24 bits per heavy atom.